The van der Waals surface area contributed by atoms with Crippen LogP contribution in [0.25, 0.3) is 0 Å². The summed E-state index contributed by atoms with van der Waals surface area (Å²) in [7, 11) is 0. The average Bonchev–Trinajstić information content (AvgIpc) is 2.28. The first-order valence-electron chi connectivity index (χ1n) is 6.66. The predicted molar refractivity (Wildman–Crippen MR) is 67.2 cm³/mol. The van der Waals surface area contributed by atoms with Gasteiger partial charge in [-0.25, -0.2) is 0 Å². The van der Waals surface area contributed by atoms with Crippen LogP contribution in [-0.4, -0.2) is 36.6 Å². The lowest BCUT2D eigenvalue weighted by Crippen LogP contribution is -2.49. The predicted octanol–water partition coefficient (Wildman–Crippen LogP) is 2.49. The van der Waals surface area contributed by atoms with Crippen molar-refractivity contribution in [2.75, 3.05) is 19.6 Å². The van der Waals surface area contributed by atoms with Crippen molar-refractivity contribution in [3.63, 3.8) is 0 Å². The van der Waals surface area contributed by atoms with E-state index in [2.05, 4.69) is 37.9 Å². The standard InChI is InChI=1S/C13H28N2/c1-5-13-7-9-15(10-8-13)12(4)11(3)14-6-2/h11-14H,5-10H2,1-4H3. The number of nitrogens with zero attached hydrogens (tertiary/aromatic N) is 1. The topological polar surface area (TPSA) is 15.3 Å². The Labute approximate surface area is 95.4 Å². The second kappa shape index (κ2) is 6.49. The summed E-state index contributed by atoms with van der Waals surface area (Å²) in [6, 6.07) is 1.30. The molecule has 0 bridgehead atoms. The monoisotopic (exact) mass is 212 g/mol. The molecule has 1 N–H and O–H groups in total. The number of rotatable bonds is 5. The van der Waals surface area contributed by atoms with Gasteiger partial charge in [-0.3, -0.25) is 4.90 Å². The van der Waals surface area contributed by atoms with Gasteiger partial charge in [0, 0.05) is 12.1 Å². The maximum atomic E-state index is 3.53. The molecule has 0 aromatic rings. The van der Waals surface area contributed by atoms with Crippen molar-refractivity contribution in [3.8, 4) is 0 Å². The van der Waals surface area contributed by atoms with Gasteiger partial charge < -0.3 is 5.32 Å². The Morgan fingerprint density at radius 1 is 1.20 bits per heavy atom. The lowest BCUT2D eigenvalue weighted by atomic mass is 9.93. The van der Waals surface area contributed by atoms with Crippen LogP contribution >= 0.6 is 0 Å². The number of hydrogen-bond donors (Lipinski definition) is 1. The molecule has 1 saturated heterocycles. The molecular weight excluding hydrogens is 184 g/mol. The average molecular weight is 212 g/mol. The number of likely N-dealkylation sites (N-methyl/N-ethyl adjacent to an activating group) is 1. The molecule has 0 aromatic heterocycles. The molecule has 1 fully saturated rings. The summed E-state index contributed by atoms with van der Waals surface area (Å²) >= 11 is 0. The van der Waals surface area contributed by atoms with Crippen molar-refractivity contribution in [2.45, 2.75) is 59.0 Å². The highest BCUT2D eigenvalue weighted by Crippen LogP contribution is 2.22. The summed E-state index contributed by atoms with van der Waals surface area (Å²) in [6.45, 7) is 12.9. The summed E-state index contributed by atoms with van der Waals surface area (Å²) in [4.78, 5) is 2.65. The molecule has 1 aliphatic rings. The molecule has 15 heavy (non-hydrogen) atoms. The van der Waals surface area contributed by atoms with Crippen LogP contribution < -0.4 is 5.32 Å². The van der Waals surface area contributed by atoms with Crippen LogP contribution in [0.4, 0.5) is 0 Å². The van der Waals surface area contributed by atoms with Gasteiger partial charge in [-0.2, -0.15) is 0 Å². The van der Waals surface area contributed by atoms with E-state index in [-0.39, 0.29) is 0 Å². The zero-order valence-corrected chi connectivity index (χ0v) is 10.9. The lowest BCUT2D eigenvalue weighted by Gasteiger charge is -2.38. The van der Waals surface area contributed by atoms with Crippen molar-refractivity contribution < 1.29 is 0 Å². The Kier molecular flexibility index (Phi) is 5.62. The SMILES string of the molecule is CCNC(C)C(C)N1CCC(CC)CC1. The summed E-state index contributed by atoms with van der Waals surface area (Å²) in [5, 5.41) is 3.53. The van der Waals surface area contributed by atoms with Crippen molar-refractivity contribution in [1.29, 1.82) is 0 Å². The van der Waals surface area contributed by atoms with E-state index in [9.17, 15) is 0 Å². The molecule has 0 amide bonds. The largest absolute Gasteiger partial charge is 0.313 e. The Balaban J connectivity index is 2.32. The Morgan fingerprint density at radius 3 is 2.27 bits per heavy atom. The number of likely N-dealkylation sites (tertiary alicyclic amines) is 1. The molecule has 2 heteroatoms. The molecule has 1 heterocycles. The summed E-state index contributed by atoms with van der Waals surface area (Å²) in [6.07, 6.45) is 4.17. The smallest absolute Gasteiger partial charge is 0.0218 e. The van der Waals surface area contributed by atoms with E-state index in [0.29, 0.717) is 12.1 Å². The van der Waals surface area contributed by atoms with Gasteiger partial charge in [0.05, 0.1) is 0 Å². The van der Waals surface area contributed by atoms with E-state index in [1.807, 2.05) is 0 Å². The fraction of sp³-hybridized carbons (Fsp3) is 1.00. The molecule has 2 nitrogen and oxygen atoms in total. The van der Waals surface area contributed by atoms with Crippen molar-refractivity contribution in [2.24, 2.45) is 5.92 Å². The van der Waals surface area contributed by atoms with E-state index in [1.54, 1.807) is 0 Å². The van der Waals surface area contributed by atoms with Gasteiger partial charge in [0.15, 0.2) is 0 Å². The third-order valence-electron chi connectivity index (χ3n) is 4.05. The van der Waals surface area contributed by atoms with E-state index >= 15 is 0 Å². The Morgan fingerprint density at radius 2 is 1.80 bits per heavy atom. The Hall–Kier alpha value is -0.0800. The number of piperidine rings is 1. The molecule has 0 aromatic carbocycles. The molecule has 0 spiro atoms. The fourth-order valence-corrected chi connectivity index (χ4v) is 2.58. The van der Waals surface area contributed by atoms with Crippen molar-refractivity contribution in [3.05, 3.63) is 0 Å². The third-order valence-corrected chi connectivity index (χ3v) is 4.05. The quantitative estimate of drug-likeness (QED) is 0.753. The van der Waals surface area contributed by atoms with Crippen LogP contribution in [0.15, 0.2) is 0 Å². The van der Waals surface area contributed by atoms with Gasteiger partial charge in [0.1, 0.15) is 0 Å². The van der Waals surface area contributed by atoms with Crippen LogP contribution in [0.1, 0.15) is 47.0 Å². The first-order chi connectivity index (χ1) is 7.19. The molecule has 0 radical (unpaired) electrons. The molecule has 90 valence electrons. The van der Waals surface area contributed by atoms with Crippen LogP contribution in [0.3, 0.4) is 0 Å². The van der Waals surface area contributed by atoms with Crippen molar-refractivity contribution in [1.82, 2.24) is 10.2 Å². The minimum Gasteiger partial charge on any atom is -0.313 e. The van der Waals surface area contributed by atoms with E-state index < -0.39 is 0 Å². The maximum Gasteiger partial charge on any atom is 0.0218 e. The minimum atomic E-state index is 0.619. The minimum absolute atomic E-state index is 0.619. The lowest BCUT2D eigenvalue weighted by molar-refractivity contribution is 0.119. The zero-order valence-electron chi connectivity index (χ0n) is 10.9. The molecule has 0 aliphatic carbocycles. The van der Waals surface area contributed by atoms with Gasteiger partial charge in [0.2, 0.25) is 0 Å². The fourth-order valence-electron chi connectivity index (χ4n) is 2.58. The van der Waals surface area contributed by atoms with Gasteiger partial charge >= 0.3 is 0 Å². The summed E-state index contributed by atoms with van der Waals surface area (Å²) < 4.78 is 0. The van der Waals surface area contributed by atoms with Crippen molar-refractivity contribution >= 4 is 0 Å². The van der Waals surface area contributed by atoms with Gasteiger partial charge in [-0.1, -0.05) is 20.3 Å². The first kappa shape index (κ1) is 13.0. The van der Waals surface area contributed by atoms with Gasteiger partial charge in [-0.05, 0) is 52.2 Å². The molecular formula is C13H28N2. The van der Waals surface area contributed by atoms with Gasteiger partial charge in [-0.15, -0.1) is 0 Å². The molecule has 2 unspecified atom stereocenters. The second-order valence-corrected chi connectivity index (χ2v) is 4.97. The summed E-state index contributed by atoms with van der Waals surface area (Å²) in [5.41, 5.74) is 0. The molecule has 1 rings (SSSR count). The number of nitrogens with one attached hydrogen (secondary N) is 1. The normalized spacial score (nSPS) is 24.0. The van der Waals surface area contributed by atoms with E-state index in [4.69, 9.17) is 0 Å². The highest BCUT2D eigenvalue weighted by Gasteiger charge is 2.24. The van der Waals surface area contributed by atoms with Crippen LogP contribution in [-0.2, 0) is 0 Å². The highest BCUT2D eigenvalue weighted by molar-refractivity contribution is 4.81. The highest BCUT2D eigenvalue weighted by atomic mass is 15.2. The molecule has 1 aliphatic heterocycles. The van der Waals surface area contributed by atoms with Crippen LogP contribution in [0.5, 0.6) is 0 Å². The number of hydrogen-bond acceptors (Lipinski definition) is 2. The Bertz CT molecular complexity index is 162. The maximum absolute atomic E-state index is 3.53. The first-order valence-corrected chi connectivity index (χ1v) is 6.66. The second-order valence-electron chi connectivity index (χ2n) is 4.97. The van der Waals surface area contributed by atoms with E-state index in [1.165, 1.54) is 32.4 Å². The molecule has 2 atom stereocenters. The van der Waals surface area contributed by atoms with Crippen LogP contribution in [0, 0.1) is 5.92 Å². The third kappa shape index (κ3) is 3.76. The summed E-state index contributed by atoms with van der Waals surface area (Å²) in [5.74, 6) is 0.989. The zero-order chi connectivity index (χ0) is 11.3. The molecule has 0 saturated carbocycles. The van der Waals surface area contributed by atoms with Crippen LogP contribution in [0.2, 0.25) is 0 Å². The van der Waals surface area contributed by atoms with Gasteiger partial charge in [0.25, 0.3) is 0 Å². The van der Waals surface area contributed by atoms with E-state index in [0.717, 1.165) is 12.5 Å².